The first-order valence-electron chi connectivity index (χ1n) is 4.96. The fraction of sp³-hybridized carbons (Fsp3) is 0.600. The molecule has 0 amide bonds. The van der Waals surface area contributed by atoms with Crippen LogP contribution in [0.25, 0.3) is 0 Å². The Morgan fingerprint density at radius 2 is 2.07 bits per heavy atom. The van der Waals surface area contributed by atoms with E-state index in [2.05, 4.69) is 29.1 Å². The summed E-state index contributed by atoms with van der Waals surface area (Å²) in [7, 11) is 3.33. The van der Waals surface area contributed by atoms with Crippen LogP contribution in [0.1, 0.15) is 19.7 Å². The van der Waals surface area contributed by atoms with Gasteiger partial charge in [0.05, 0.1) is 7.11 Å². The highest BCUT2D eigenvalue weighted by Crippen LogP contribution is 2.25. The smallest absolute Gasteiger partial charge is 0.242 e. The third-order valence-corrected chi connectivity index (χ3v) is 1.98. The molecule has 0 atom stereocenters. The van der Waals surface area contributed by atoms with Crippen LogP contribution in [0.5, 0.6) is 5.88 Å². The Bertz CT molecular complexity index is 313. The second-order valence-corrected chi connectivity index (χ2v) is 3.76. The number of nitrogens with one attached hydrogen (secondary N) is 1. The molecule has 0 unspecified atom stereocenters. The zero-order valence-corrected chi connectivity index (χ0v) is 9.66. The summed E-state index contributed by atoms with van der Waals surface area (Å²) in [5, 5.41) is 2.93. The van der Waals surface area contributed by atoms with Gasteiger partial charge in [-0.25, -0.2) is 4.98 Å². The average molecular weight is 210 g/mol. The van der Waals surface area contributed by atoms with Gasteiger partial charge in [0.2, 0.25) is 5.88 Å². The van der Waals surface area contributed by atoms with Crippen LogP contribution < -0.4 is 15.8 Å². The summed E-state index contributed by atoms with van der Waals surface area (Å²) < 4.78 is 5.09. The molecule has 0 spiro atoms. The van der Waals surface area contributed by atoms with E-state index in [1.165, 1.54) is 0 Å². The first-order valence-corrected chi connectivity index (χ1v) is 4.96. The molecule has 0 aliphatic heterocycles. The maximum atomic E-state index is 5.79. The Hall–Kier alpha value is -1.52. The number of hydrogen-bond acceptors (Lipinski definition) is 5. The Morgan fingerprint density at radius 1 is 1.40 bits per heavy atom. The quantitative estimate of drug-likeness (QED) is 0.783. The van der Waals surface area contributed by atoms with Gasteiger partial charge in [0.15, 0.2) is 5.82 Å². The van der Waals surface area contributed by atoms with Gasteiger partial charge < -0.3 is 15.8 Å². The predicted octanol–water partition coefficient (Wildman–Crippen LogP) is 1.31. The van der Waals surface area contributed by atoms with Gasteiger partial charge in [-0.05, 0) is 5.92 Å². The Kier molecular flexibility index (Phi) is 3.71. The molecular weight excluding hydrogens is 192 g/mol. The summed E-state index contributed by atoms with van der Waals surface area (Å²) in [5.41, 5.74) is 6.24. The number of methoxy groups -OCH3 is 1. The van der Waals surface area contributed by atoms with Gasteiger partial charge in [-0.1, -0.05) is 13.8 Å². The van der Waals surface area contributed by atoms with Crippen molar-refractivity contribution in [1.82, 2.24) is 9.97 Å². The summed E-state index contributed by atoms with van der Waals surface area (Å²) in [6, 6.07) is 0. The summed E-state index contributed by atoms with van der Waals surface area (Å²) >= 11 is 0. The molecule has 84 valence electrons. The molecule has 0 aliphatic rings. The van der Waals surface area contributed by atoms with Crippen molar-refractivity contribution in [3.63, 3.8) is 0 Å². The number of anilines is 2. The number of rotatable bonds is 4. The zero-order valence-electron chi connectivity index (χ0n) is 9.66. The van der Waals surface area contributed by atoms with Crippen molar-refractivity contribution in [2.24, 2.45) is 5.92 Å². The van der Waals surface area contributed by atoms with E-state index in [9.17, 15) is 0 Å². The molecule has 0 bridgehead atoms. The highest BCUT2D eigenvalue weighted by atomic mass is 16.5. The van der Waals surface area contributed by atoms with Gasteiger partial charge in [-0.15, -0.1) is 0 Å². The summed E-state index contributed by atoms with van der Waals surface area (Å²) in [5.74, 6) is 2.31. The van der Waals surface area contributed by atoms with Crippen LogP contribution in [-0.4, -0.2) is 24.1 Å². The lowest BCUT2D eigenvalue weighted by atomic mass is 10.1. The minimum absolute atomic E-state index is 0.435. The second-order valence-electron chi connectivity index (χ2n) is 3.76. The first-order chi connectivity index (χ1) is 7.08. The predicted molar refractivity (Wildman–Crippen MR) is 61.1 cm³/mol. The van der Waals surface area contributed by atoms with E-state index in [0.717, 1.165) is 12.2 Å². The lowest BCUT2D eigenvalue weighted by Gasteiger charge is -2.11. The maximum Gasteiger partial charge on any atom is 0.242 e. The molecule has 0 aromatic carbocycles. The average Bonchev–Trinajstić information content (AvgIpc) is 2.19. The molecule has 0 saturated heterocycles. The number of hydrogen-bond donors (Lipinski definition) is 2. The fourth-order valence-corrected chi connectivity index (χ4v) is 1.30. The lowest BCUT2D eigenvalue weighted by molar-refractivity contribution is 0.396. The molecule has 0 saturated carbocycles. The summed E-state index contributed by atoms with van der Waals surface area (Å²) in [6.45, 7) is 4.23. The van der Waals surface area contributed by atoms with E-state index < -0.39 is 0 Å². The monoisotopic (exact) mass is 210 g/mol. The van der Waals surface area contributed by atoms with E-state index in [-0.39, 0.29) is 0 Å². The molecule has 1 heterocycles. The van der Waals surface area contributed by atoms with E-state index >= 15 is 0 Å². The van der Waals surface area contributed by atoms with Gasteiger partial charge in [0, 0.05) is 13.5 Å². The first kappa shape index (κ1) is 11.6. The third-order valence-electron chi connectivity index (χ3n) is 1.98. The number of nitrogens with zero attached hydrogens (tertiary/aromatic N) is 2. The number of nitrogens with two attached hydrogens (primary N) is 1. The minimum Gasteiger partial charge on any atom is -0.479 e. The highest BCUT2D eigenvalue weighted by Gasteiger charge is 2.11. The molecule has 5 nitrogen and oxygen atoms in total. The Labute approximate surface area is 90.1 Å². The Balaban J connectivity index is 3.09. The molecule has 1 rings (SSSR count). The number of nitrogen functional groups attached to an aromatic ring is 1. The molecular formula is C10H18N4O. The van der Waals surface area contributed by atoms with Crippen LogP contribution in [0.15, 0.2) is 0 Å². The van der Waals surface area contributed by atoms with Crippen molar-refractivity contribution in [2.45, 2.75) is 20.3 Å². The lowest BCUT2D eigenvalue weighted by Crippen LogP contribution is -2.09. The van der Waals surface area contributed by atoms with E-state index in [4.69, 9.17) is 10.5 Å². The van der Waals surface area contributed by atoms with Gasteiger partial charge in [0.25, 0.3) is 0 Å². The van der Waals surface area contributed by atoms with Crippen LogP contribution in [-0.2, 0) is 6.42 Å². The standard InChI is InChI=1S/C10H18N4O/c1-6(2)5-7-13-9(12-3)8(11)10(14-7)15-4/h6H,5,11H2,1-4H3,(H,12,13,14). The van der Waals surface area contributed by atoms with Gasteiger partial charge in [-0.2, -0.15) is 4.98 Å². The largest absolute Gasteiger partial charge is 0.479 e. The molecule has 0 aliphatic carbocycles. The van der Waals surface area contributed by atoms with Crippen molar-refractivity contribution in [3.8, 4) is 5.88 Å². The fourth-order valence-electron chi connectivity index (χ4n) is 1.30. The molecule has 1 aromatic heterocycles. The van der Waals surface area contributed by atoms with Gasteiger partial charge >= 0.3 is 0 Å². The Morgan fingerprint density at radius 3 is 2.53 bits per heavy atom. The topological polar surface area (TPSA) is 73.1 Å². The van der Waals surface area contributed by atoms with Gasteiger partial charge in [-0.3, -0.25) is 0 Å². The van der Waals surface area contributed by atoms with Crippen LogP contribution in [0.2, 0.25) is 0 Å². The normalized spacial score (nSPS) is 10.5. The summed E-state index contributed by atoms with van der Waals surface area (Å²) in [6.07, 6.45) is 0.811. The van der Waals surface area contributed by atoms with Crippen LogP contribution in [0.4, 0.5) is 11.5 Å². The number of aromatic nitrogens is 2. The van der Waals surface area contributed by atoms with Crippen molar-refractivity contribution < 1.29 is 4.74 Å². The van der Waals surface area contributed by atoms with Gasteiger partial charge in [0.1, 0.15) is 11.5 Å². The molecule has 0 fully saturated rings. The SMILES string of the molecule is CNc1nc(CC(C)C)nc(OC)c1N. The van der Waals surface area contributed by atoms with Crippen LogP contribution in [0, 0.1) is 5.92 Å². The van der Waals surface area contributed by atoms with Crippen molar-refractivity contribution in [3.05, 3.63) is 5.82 Å². The van der Waals surface area contributed by atoms with Crippen LogP contribution in [0.3, 0.4) is 0 Å². The minimum atomic E-state index is 0.435. The number of ether oxygens (including phenoxy) is 1. The van der Waals surface area contributed by atoms with Crippen LogP contribution >= 0.6 is 0 Å². The highest BCUT2D eigenvalue weighted by molar-refractivity contribution is 5.66. The second kappa shape index (κ2) is 4.82. The third kappa shape index (κ3) is 2.71. The van der Waals surface area contributed by atoms with Crippen molar-refractivity contribution in [2.75, 3.05) is 25.2 Å². The molecule has 0 radical (unpaired) electrons. The van der Waals surface area contributed by atoms with E-state index in [1.807, 2.05) is 0 Å². The molecule has 3 N–H and O–H groups in total. The molecule has 15 heavy (non-hydrogen) atoms. The van der Waals surface area contributed by atoms with E-state index in [1.54, 1.807) is 14.2 Å². The van der Waals surface area contributed by atoms with E-state index in [0.29, 0.717) is 23.3 Å². The molecule has 5 heteroatoms. The zero-order chi connectivity index (χ0) is 11.4. The molecule has 1 aromatic rings. The van der Waals surface area contributed by atoms with Crippen molar-refractivity contribution >= 4 is 11.5 Å². The maximum absolute atomic E-state index is 5.79. The summed E-state index contributed by atoms with van der Waals surface area (Å²) in [4.78, 5) is 8.55. The van der Waals surface area contributed by atoms with Crippen molar-refractivity contribution in [1.29, 1.82) is 0 Å².